The van der Waals surface area contributed by atoms with Gasteiger partial charge in [0.2, 0.25) is 0 Å². The summed E-state index contributed by atoms with van der Waals surface area (Å²) in [7, 11) is 1.27. The number of fused-ring (bicyclic) bond motifs is 1. The smallest absolute Gasteiger partial charge is 0.337 e. The number of esters is 3. The van der Waals surface area contributed by atoms with Crippen LogP contribution in [-0.4, -0.2) is 36.9 Å². The number of carbonyl (C=O) groups excluding carboxylic acids is 3. The van der Waals surface area contributed by atoms with E-state index in [0.717, 1.165) is 0 Å². The lowest BCUT2D eigenvalue weighted by Gasteiger charge is -2.42. The van der Waals surface area contributed by atoms with Crippen molar-refractivity contribution in [1.82, 2.24) is 0 Å². The van der Waals surface area contributed by atoms with E-state index in [1.165, 1.54) is 27.2 Å². The molecule has 1 saturated carbocycles. The van der Waals surface area contributed by atoms with Crippen LogP contribution in [0.3, 0.4) is 0 Å². The average molecular weight is 298 g/mol. The predicted octanol–water partition coefficient (Wildman–Crippen LogP) is 1.06. The molecule has 1 heterocycles. The molecular weight excluding hydrogens is 280 g/mol. The molecule has 0 aromatic carbocycles. The first-order valence-electron chi connectivity index (χ1n) is 6.71. The summed E-state index contributed by atoms with van der Waals surface area (Å²) in [6.45, 7) is 2.51. The van der Waals surface area contributed by atoms with Crippen LogP contribution in [0, 0.1) is 5.92 Å². The summed E-state index contributed by atoms with van der Waals surface area (Å²) in [4.78, 5) is 34.6. The first-order valence-corrected chi connectivity index (χ1v) is 6.71. The van der Waals surface area contributed by atoms with Crippen LogP contribution >= 0.6 is 0 Å². The Bertz CT molecular complexity index is 496. The van der Waals surface area contributed by atoms with Gasteiger partial charge in [-0.25, -0.2) is 4.79 Å². The predicted molar refractivity (Wildman–Crippen MR) is 68.6 cm³/mol. The lowest BCUT2D eigenvalue weighted by atomic mass is 9.82. The number of carbonyl (C=O) groups is 3. The van der Waals surface area contributed by atoms with E-state index in [4.69, 9.17) is 18.9 Å². The molecule has 7 heteroatoms. The second kappa shape index (κ2) is 5.75. The Labute approximate surface area is 122 Å². The van der Waals surface area contributed by atoms with Crippen molar-refractivity contribution >= 4 is 17.9 Å². The summed E-state index contributed by atoms with van der Waals surface area (Å²) in [6, 6.07) is 0. The highest BCUT2D eigenvalue weighted by molar-refractivity contribution is 5.89. The van der Waals surface area contributed by atoms with Crippen LogP contribution in [0.25, 0.3) is 0 Å². The van der Waals surface area contributed by atoms with Gasteiger partial charge < -0.3 is 18.9 Å². The Hall–Kier alpha value is -2.05. The monoisotopic (exact) mass is 298 g/mol. The fourth-order valence-corrected chi connectivity index (χ4v) is 3.06. The van der Waals surface area contributed by atoms with Crippen LogP contribution in [0.4, 0.5) is 0 Å². The minimum absolute atomic E-state index is 0.291. The summed E-state index contributed by atoms with van der Waals surface area (Å²) < 4.78 is 20.7. The number of hydrogen-bond donors (Lipinski definition) is 0. The van der Waals surface area contributed by atoms with Crippen LogP contribution in [0.5, 0.6) is 0 Å². The summed E-state index contributed by atoms with van der Waals surface area (Å²) in [6.07, 6.45) is 1.96. The summed E-state index contributed by atoms with van der Waals surface area (Å²) in [5.41, 5.74) is -0.880. The minimum Gasteiger partial charge on any atom is -0.466 e. The van der Waals surface area contributed by atoms with Gasteiger partial charge in [-0.15, -0.1) is 0 Å². The van der Waals surface area contributed by atoms with E-state index in [2.05, 4.69) is 0 Å². The fraction of sp³-hybridized carbons (Fsp3) is 0.643. The van der Waals surface area contributed by atoms with E-state index in [9.17, 15) is 14.4 Å². The third kappa shape index (κ3) is 2.72. The van der Waals surface area contributed by atoms with E-state index in [1.54, 1.807) is 0 Å². The van der Waals surface area contributed by atoms with Crippen molar-refractivity contribution < 1.29 is 33.3 Å². The third-order valence-corrected chi connectivity index (χ3v) is 3.77. The summed E-state index contributed by atoms with van der Waals surface area (Å²) >= 11 is 0. The van der Waals surface area contributed by atoms with E-state index in [-0.39, 0.29) is 0 Å². The lowest BCUT2D eigenvalue weighted by Crippen LogP contribution is -2.54. The zero-order chi connectivity index (χ0) is 15.6. The van der Waals surface area contributed by atoms with Gasteiger partial charge >= 0.3 is 17.9 Å². The van der Waals surface area contributed by atoms with Crippen molar-refractivity contribution in [2.75, 3.05) is 7.11 Å². The molecule has 3 atom stereocenters. The first-order chi connectivity index (χ1) is 9.90. The Balaban J connectivity index is 2.40. The van der Waals surface area contributed by atoms with Gasteiger partial charge in [0.1, 0.15) is 0 Å². The van der Waals surface area contributed by atoms with E-state index in [1.807, 2.05) is 0 Å². The molecule has 0 unspecified atom stereocenters. The molecule has 1 aliphatic carbocycles. The highest BCUT2D eigenvalue weighted by Gasteiger charge is 2.59. The van der Waals surface area contributed by atoms with Crippen LogP contribution in [-0.2, 0) is 33.3 Å². The molecule has 0 saturated heterocycles. The Morgan fingerprint density at radius 2 is 2.00 bits per heavy atom. The van der Waals surface area contributed by atoms with Gasteiger partial charge in [0.05, 0.1) is 18.9 Å². The SMILES string of the molecule is COC(=O)C1=CO[C@@H](OC(C)=O)[C@]2(OC(C)=O)CCC[C@H]12. The summed E-state index contributed by atoms with van der Waals surface area (Å²) in [5.74, 6) is -2.02. The molecule has 1 fully saturated rings. The maximum atomic E-state index is 11.8. The van der Waals surface area contributed by atoms with Gasteiger partial charge in [-0.1, -0.05) is 0 Å². The minimum atomic E-state index is -1.17. The standard InChI is InChI=1S/C14H18O7/c1-8(15)20-13-14(21-9(2)16)6-4-5-11(14)10(7-19-13)12(17)18-3/h7,11,13H,4-6H2,1-3H3/t11-,13+,14+/m1/s1. The Morgan fingerprint density at radius 1 is 1.29 bits per heavy atom. The van der Waals surface area contributed by atoms with Crippen LogP contribution in [0.15, 0.2) is 11.8 Å². The third-order valence-electron chi connectivity index (χ3n) is 3.77. The molecule has 2 rings (SSSR count). The maximum Gasteiger partial charge on any atom is 0.337 e. The van der Waals surface area contributed by atoms with Crippen molar-refractivity contribution in [2.24, 2.45) is 5.92 Å². The van der Waals surface area contributed by atoms with Gasteiger partial charge in [-0.3, -0.25) is 9.59 Å². The number of ether oxygens (including phenoxy) is 4. The van der Waals surface area contributed by atoms with Gasteiger partial charge in [0.25, 0.3) is 6.29 Å². The van der Waals surface area contributed by atoms with Crippen molar-refractivity contribution in [2.45, 2.75) is 45.0 Å². The number of hydrogen-bond acceptors (Lipinski definition) is 7. The second-order valence-electron chi connectivity index (χ2n) is 5.14. The zero-order valence-corrected chi connectivity index (χ0v) is 12.2. The number of methoxy groups -OCH3 is 1. The highest BCUT2D eigenvalue weighted by Crippen LogP contribution is 2.49. The van der Waals surface area contributed by atoms with Crippen molar-refractivity contribution in [1.29, 1.82) is 0 Å². The van der Waals surface area contributed by atoms with Crippen molar-refractivity contribution in [3.8, 4) is 0 Å². The molecule has 0 aromatic rings. The average Bonchev–Trinajstić information content (AvgIpc) is 2.81. The zero-order valence-electron chi connectivity index (χ0n) is 12.2. The summed E-state index contributed by atoms with van der Waals surface area (Å²) in [5, 5.41) is 0. The van der Waals surface area contributed by atoms with Crippen molar-refractivity contribution in [3.63, 3.8) is 0 Å². The molecule has 2 aliphatic rings. The topological polar surface area (TPSA) is 88.1 Å². The molecule has 0 radical (unpaired) electrons. The van der Waals surface area contributed by atoms with Crippen LogP contribution in [0.2, 0.25) is 0 Å². The lowest BCUT2D eigenvalue weighted by molar-refractivity contribution is -0.242. The Morgan fingerprint density at radius 3 is 2.57 bits per heavy atom. The van der Waals surface area contributed by atoms with E-state index in [0.29, 0.717) is 24.8 Å². The molecule has 0 bridgehead atoms. The van der Waals surface area contributed by atoms with Gasteiger partial charge in [0.15, 0.2) is 5.60 Å². The van der Waals surface area contributed by atoms with Crippen LogP contribution in [0.1, 0.15) is 33.1 Å². The quantitative estimate of drug-likeness (QED) is 0.568. The highest BCUT2D eigenvalue weighted by atomic mass is 16.7. The molecule has 0 amide bonds. The fourth-order valence-electron chi connectivity index (χ4n) is 3.06. The van der Waals surface area contributed by atoms with Gasteiger partial charge in [-0.05, 0) is 19.3 Å². The number of rotatable bonds is 3. The van der Waals surface area contributed by atoms with Crippen molar-refractivity contribution in [3.05, 3.63) is 11.8 Å². The molecule has 0 aromatic heterocycles. The molecule has 116 valence electrons. The molecular formula is C14H18O7. The maximum absolute atomic E-state index is 11.8. The molecule has 21 heavy (non-hydrogen) atoms. The van der Waals surface area contributed by atoms with Gasteiger partial charge in [-0.2, -0.15) is 0 Å². The van der Waals surface area contributed by atoms with E-state index < -0.39 is 35.7 Å². The van der Waals surface area contributed by atoms with E-state index >= 15 is 0 Å². The molecule has 7 nitrogen and oxygen atoms in total. The molecule has 0 spiro atoms. The molecule has 0 N–H and O–H groups in total. The molecule has 1 aliphatic heterocycles. The largest absolute Gasteiger partial charge is 0.466 e. The van der Waals surface area contributed by atoms with Crippen LogP contribution < -0.4 is 0 Å². The second-order valence-corrected chi connectivity index (χ2v) is 5.14. The Kier molecular flexibility index (Phi) is 4.20. The normalized spacial score (nSPS) is 30.5. The first kappa shape index (κ1) is 15.3. The van der Waals surface area contributed by atoms with Gasteiger partial charge in [0, 0.05) is 19.8 Å².